The predicted molar refractivity (Wildman–Crippen MR) is 75.2 cm³/mol. The fourth-order valence-electron chi connectivity index (χ4n) is 1.52. The van der Waals surface area contributed by atoms with Crippen molar-refractivity contribution >= 4 is 23.3 Å². The Morgan fingerprint density at radius 2 is 2.00 bits per heavy atom. The van der Waals surface area contributed by atoms with Crippen LogP contribution in [0.5, 0.6) is 0 Å². The Labute approximate surface area is 108 Å². The molecule has 0 unspecified atom stereocenters. The molecule has 0 radical (unpaired) electrons. The topological polar surface area (TPSA) is 56.7 Å². The van der Waals surface area contributed by atoms with E-state index < -0.39 is 0 Å². The standard InChI is InChI=1S/C9H18N4OS.C2H6/c1-13-5-3-8(4-6-13)11-9(15-2)12-10-7-14;1-2/h7-8H,3-6H2,1-2H3,(H,10,14)(H,11,12);1-2H3. The third kappa shape index (κ3) is 7.23. The van der Waals surface area contributed by atoms with Gasteiger partial charge in [-0.1, -0.05) is 25.6 Å². The van der Waals surface area contributed by atoms with Crippen LogP contribution in [0.15, 0.2) is 4.99 Å². The van der Waals surface area contributed by atoms with Crippen LogP contribution in [0, 0.1) is 0 Å². The van der Waals surface area contributed by atoms with E-state index in [4.69, 9.17) is 0 Å². The quantitative estimate of drug-likeness (QED) is 0.345. The maximum Gasteiger partial charge on any atom is 0.225 e. The number of amidine groups is 1. The van der Waals surface area contributed by atoms with Crippen molar-refractivity contribution in [1.82, 2.24) is 15.8 Å². The van der Waals surface area contributed by atoms with Gasteiger partial charge >= 0.3 is 0 Å². The summed E-state index contributed by atoms with van der Waals surface area (Å²) < 4.78 is 0. The molecule has 0 aromatic heterocycles. The number of hydrogen-bond acceptors (Lipinski definition) is 4. The van der Waals surface area contributed by atoms with Gasteiger partial charge in [-0.15, -0.1) is 0 Å². The minimum Gasteiger partial charge on any atom is -0.306 e. The summed E-state index contributed by atoms with van der Waals surface area (Å²) in [6, 6.07) is 0.379. The van der Waals surface area contributed by atoms with E-state index in [-0.39, 0.29) is 0 Å². The van der Waals surface area contributed by atoms with Crippen molar-refractivity contribution in [1.29, 1.82) is 0 Å². The first-order chi connectivity index (χ1) is 8.26. The monoisotopic (exact) mass is 260 g/mol. The van der Waals surface area contributed by atoms with Crippen molar-refractivity contribution in [3.63, 3.8) is 0 Å². The maximum atomic E-state index is 10.1. The van der Waals surface area contributed by atoms with Crippen LogP contribution in [0.4, 0.5) is 0 Å². The second-order valence-corrected chi connectivity index (χ2v) is 4.35. The molecule has 5 nitrogen and oxygen atoms in total. The summed E-state index contributed by atoms with van der Waals surface area (Å²) in [7, 11) is 2.13. The van der Waals surface area contributed by atoms with Gasteiger partial charge in [0.15, 0.2) is 5.17 Å². The van der Waals surface area contributed by atoms with E-state index in [0.29, 0.717) is 12.5 Å². The number of hydrazine groups is 1. The van der Waals surface area contributed by atoms with Gasteiger partial charge in [0.05, 0.1) is 6.04 Å². The highest BCUT2D eigenvalue weighted by atomic mass is 32.2. The highest BCUT2D eigenvalue weighted by Gasteiger charge is 2.16. The minimum atomic E-state index is 0.379. The van der Waals surface area contributed by atoms with Gasteiger partial charge in [-0.05, 0) is 39.2 Å². The van der Waals surface area contributed by atoms with Crippen LogP contribution in [0.3, 0.4) is 0 Å². The fraction of sp³-hybridized carbons (Fsp3) is 0.818. The molecule has 0 aromatic carbocycles. The molecular weight excluding hydrogens is 236 g/mol. The Bertz CT molecular complexity index is 228. The van der Waals surface area contributed by atoms with Crippen LogP contribution in [-0.2, 0) is 4.79 Å². The summed E-state index contributed by atoms with van der Waals surface area (Å²) in [4.78, 5) is 17.0. The number of hydrogen-bond donors (Lipinski definition) is 2. The maximum absolute atomic E-state index is 10.1. The van der Waals surface area contributed by atoms with Crippen LogP contribution in [-0.4, -0.2) is 48.9 Å². The molecule has 1 saturated heterocycles. The van der Waals surface area contributed by atoms with E-state index in [1.807, 2.05) is 20.1 Å². The number of amides is 1. The molecule has 0 atom stereocenters. The van der Waals surface area contributed by atoms with Crippen molar-refractivity contribution in [2.75, 3.05) is 26.4 Å². The van der Waals surface area contributed by atoms with Crippen molar-refractivity contribution < 1.29 is 4.79 Å². The summed E-state index contributed by atoms with van der Waals surface area (Å²) in [5, 5.41) is 0.775. The lowest BCUT2D eigenvalue weighted by Crippen LogP contribution is -2.37. The highest BCUT2D eigenvalue weighted by Crippen LogP contribution is 2.13. The van der Waals surface area contributed by atoms with Gasteiger partial charge in [0.25, 0.3) is 0 Å². The van der Waals surface area contributed by atoms with Crippen molar-refractivity contribution in [3.05, 3.63) is 0 Å². The lowest BCUT2D eigenvalue weighted by atomic mass is 10.1. The number of carbonyl (C=O) groups excluding carboxylic acids is 1. The lowest BCUT2D eigenvalue weighted by Gasteiger charge is -2.26. The first-order valence-corrected chi connectivity index (χ1v) is 7.24. The molecule has 6 heteroatoms. The molecule has 1 rings (SSSR count). The number of nitrogens with zero attached hydrogens (tertiary/aromatic N) is 2. The minimum absolute atomic E-state index is 0.379. The molecular formula is C11H24N4OS. The zero-order chi connectivity index (χ0) is 13.1. The Morgan fingerprint density at radius 1 is 1.41 bits per heavy atom. The predicted octanol–water partition coefficient (Wildman–Crippen LogP) is 1.08. The summed E-state index contributed by atoms with van der Waals surface area (Å²) in [6.07, 6.45) is 4.72. The van der Waals surface area contributed by atoms with Crippen molar-refractivity contribution in [2.24, 2.45) is 4.99 Å². The molecule has 1 aliphatic rings. The third-order valence-corrected chi connectivity index (χ3v) is 3.01. The molecule has 1 amide bonds. The molecule has 2 N–H and O–H groups in total. The van der Waals surface area contributed by atoms with E-state index >= 15 is 0 Å². The van der Waals surface area contributed by atoms with E-state index in [1.54, 1.807) is 0 Å². The van der Waals surface area contributed by atoms with Gasteiger partial charge in [-0.2, -0.15) is 0 Å². The molecule has 1 aliphatic heterocycles. The average molecular weight is 260 g/mol. The molecule has 17 heavy (non-hydrogen) atoms. The van der Waals surface area contributed by atoms with Gasteiger partial charge in [0.2, 0.25) is 6.41 Å². The lowest BCUT2D eigenvalue weighted by molar-refractivity contribution is -0.110. The molecule has 0 saturated carbocycles. The Morgan fingerprint density at radius 3 is 2.47 bits per heavy atom. The van der Waals surface area contributed by atoms with E-state index in [9.17, 15) is 4.79 Å². The largest absolute Gasteiger partial charge is 0.306 e. The van der Waals surface area contributed by atoms with E-state index in [0.717, 1.165) is 31.1 Å². The van der Waals surface area contributed by atoms with Crippen LogP contribution in [0.1, 0.15) is 26.7 Å². The van der Waals surface area contributed by atoms with Crippen LogP contribution < -0.4 is 10.9 Å². The summed E-state index contributed by atoms with van der Waals surface area (Å²) in [5.41, 5.74) is 5.16. The SMILES string of the molecule is CC.CSC(=NC1CCN(C)CC1)NNC=O. The van der Waals surface area contributed by atoms with Crippen molar-refractivity contribution in [2.45, 2.75) is 32.7 Å². The molecule has 1 fully saturated rings. The number of carbonyl (C=O) groups is 1. The number of rotatable bonds is 3. The molecule has 1 heterocycles. The van der Waals surface area contributed by atoms with Crippen LogP contribution in [0.25, 0.3) is 0 Å². The second-order valence-electron chi connectivity index (χ2n) is 3.56. The van der Waals surface area contributed by atoms with Crippen molar-refractivity contribution in [3.8, 4) is 0 Å². The van der Waals surface area contributed by atoms with Gasteiger partial charge in [-0.25, -0.2) is 0 Å². The van der Waals surface area contributed by atoms with Gasteiger partial charge in [0, 0.05) is 0 Å². The summed E-state index contributed by atoms with van der Waals surface area (Å²) >= 11 is 1.51. The first-order valence-electron chi connectivity index (χ1n) is 6.01. The summed E-state index contributed by atoms with van der Waals surface area (Å²) in [5.74, 6) is 0. The fourth-order valence-corrected chi connectivity index (χ4v) is 1.93. The van der Waals surface area contributed by atoms with Gasteiger partial charge < -0.3 is 4.90 Å². The van der Waals surface area contributed by atoms with E-state index in [2.05, 4.69) is 27.8 Å². The summed E-state index contributed by atoms with van der Waals surface area (Å²) in [6.45, 7) is 6.19. The molecule has 100 valence electrons. The highest BCUT2D eigenvalue weighted by molar-refractivity contribution is 8.13. The third-order valence-electron chi connectivity index (χ3n) is 2.42. The van der Waals surface area contributed by atoms with Gasteiger partial charge in [0.1, 0.15) is 0 Å². The molecule has 0 aromatic rings. The molecule has 0 spiro atoms. The second kappa shape index (κ2) is 10.4. The van der Waals surface area contributed by atoms with Gasteiger partial charge in [-0.3, -0.25) is 20.6 Å². The zero-order valence-electron chi connectivity index (χ0n) is 11.2. The Hall–Kier alpha value is -0.750. The Balaban J connectivity index is 0.00000121. The Kier molecular flexibility index (Phi) is 9.95. The average Bonchev–Trinajstić information content (AvgIpc) is 2.39. The number of piperidine rings is 1. The molecule has 0 bridgehead atoms. The van der Waals surface area contributed by atoms with Crippen LogP contribution >= 0.6 is 11.8 Å². The number of aliphatic imine (C=N–C) groups is 1. The zero-order valence-corrected chi connectivity index (χ0v) is 12.0. The first kappa shape index (κ1) is 16.2. The molecule has 0 aliphatic carbocycles. The number of nitrogens with one attached hydrogen (secondary N) is 2. The van der Waals surface area contributed by atoms with E-state index in [1.165, 1.54) is 11.8 Å². The smallest absolute Gasteiger partial charge is 0.225 e. The number of likely N-dealkylation sites (tertiary alicyclic amines) is 1. The van der Waals surface area contributed by atoms with Crippen LogP contribution in [0.2, 0.25) is 0 Å². The normalized spacial score (nSPS) is 18.0. The number of thioether (sulfide) groups is 1.